The van der Waals surface area contributed by atoms with Crippen LogP contribution < -0.4 is 5.32 Å². The maximum Gasteiger partial charge on any atom is 0.318 e. The van der Waals surface area contributed by atoms with Crippen LogP contribution in [0, 0.1) is 0 Å². The number of carbonyl (C=O) groups is 2. The molecule has 0 aromatic heterocycles. The molecule has 1 aromatic carbocycles. The molecule has 0 atom stereocenters. The smallest absolute Gasteiger partial charge is 0.318 e. The molecule has 21 heavy (non-hydrogen) atoms. The fourth-order valence-corrected chi connectivity index (χ4v) is 2.68. The molecule has 1 saturated carbocycles. The number of hydrogen-bond donors (Lipinski definition) is 2. The van der Waals surface area contributed by atoms with E-state index in [2.05, 4.69) is 5.32 Å². The van der Waals surface area contributed by atoms with Gasteiger partial charge in [-0.15, -0.1) is 0 Å². The molecule has 5 heteroatoms. The zero-order valence-corrected chi connectivity index (χ0v) is 12.3. The van der Waals surface area contributed by atoms with E-state index in [9.17, 15) is 9.59 Å². The Morgan fingerprint density at radius 2 is 1.95 bits per heavy atom. The monoisotopic (exact) mass is 290 g/mol. The van der Waals surface area contributed by atoms with Crippen molar-refractivity contribution in [3.63, 3.8) is 0 Å². The molecular formula is C16H22N2O3. The molecule has 114 valence electrons. The largest absolute Gasteiger partial charge is 0.481 e. The fraction of sp³-hybridized carbons (Fsp3) is 0.500. The van der Waals surface area contributed by atoms with Crippen LogP contribution in [0.2, 0.25) is 0 Å². The molecule has 0 radical (unpaired) electrons. The number of hydrogen-bond acceptors (Lipinski definition) is 2. The number of nitrogens with zero attached hydrogens (tertiary/aromatic N) is 1. The van der Waals surface area contributed by atoms with E-state index in [4.69, 9.17) is 5.11 Å². The van der Waals surface area contributed by atoms with Crippen LogP contribution in [0.25, 0.3) is 0 Å². The zero-order valence-electron chi connectivity index (χ0n) is 12.3. The van der Waals surface area contributed by atoms with Crippen molar-refractivity contribution in [3.8, 4) is 0 Å². The van der Waals surface area contributed by atoms with Crippen molar-refractivity contribution >= 4 is 12.0 Å². The summed E-state index contributed by atoms with van der Waals surface area (Å²) in [6.45, 7) is 3.05. The first kappa shape index (κ1) is 15.4. The number of carboxylic acid groups (broad SMARTS) is 1. The van der Waals surface area contributed by atoms with Gasteiger partial charge < -0.3 is 15.3 Å². The molecule has 2 N–H and O–H groups in total. The SMILES string of the molecule is CCN(Cc1ccccc1)C(=O)NC1(CC(=O)O)CCC1. The Kier molecular flexibility index (Phi) is 4.83. The van der Waals surface area contributed by atoms with Crippen LogP contribution >= 0.6 is 0 Å². The topological polar surface area (TPSA) is 69.6 Å². The summed E-state index contributed by atoms with van der Waals surface area (Å²) in [6, 6.07) is 9.61. The first-order valence-corrected chi connectivity index (χ1v) is 7.37. The molecule has 1 aromatic rings. The van der Waals surface area contributed by atoms with Crippen molar-refractivity contribution in [1.29, 1.82) is 0 Å². The number of benzene rings is 1. The van der Waals surface area contributed by atoms with Gasteiger partial charge in [0.05, 0.1) is 12.0 Å². The van der Waals surface area contributed by atoms with E-state index in [1.807, 2.05) is 37.3 Å². The minimum atomic E-state index is -0.860. The second-order valence-corrected chi connectivity index (χ2v) is 5.63. The lowest BCUT2D eigenvalue weighted by Gasteiger charge is -2.42. The summed E-state index contributed by atoms with van der Waals surface area (Å²) in [7, 11) is 0. The molecule has 0 bridgehead atoms. The molecule has 0 saturated heterocycles. The lowest BCUT2D eigenvalue weighted by molar-refractivity contribution is -0.139. The Morgan fingerprint density at radius 1 is 1.29 bits per heavy atom. The highest BCUT2D eigenvalue weighted by atomic mass is 16.4. The number of carbonyl (C=O) groups excluding carboxylic acids is 1. The normalized spacial score (nSPS) is 15.9. The van der Waals surface area contributed by atoms with Crippen LogP contribution in [0.1, 0.15) is 38.2 Å². The number of carboxylic acids is 1. The summed E-state index contributed by atoms with van der Waals surface area (Å²) in [5.74, 6) is -0.860. The van der Waals surface area contributed by atoms with Gasteiger partial charge in [-0.1, -0.05) is 30.3 Å². The van der Waals surface area contributed by atoms with Crippen molar-refractivity contribution in [2.24, 2.45) is 0 Å². The lowest BCUT2D eigenvalue weighted by atomic mass is 9.74. The van der Waals surface area contributed by atoms with Gasteiger partial charge in [0, 0.05) is 13.1 Å². The van der Waals surface area contributed by atoms with E-state index in [0.29, 0.717) is 13.1 Å². The van der Waals surface area contributed by atoms with Crippen LogP contribution in [0.3, 0.4) is 0 Å². The quantitative estimate of drug-likeness (QED) is 0.846. The highest BCUT2D eigenvalue weighted by Gasteiger charge is 2.41. The minimum absolute atomic E-state index is 0.00162. The van der Waals surface area contributed by atoms with Gasteiger partial charge in [0.2, 0.25) is 0 Å². The highest BCUT2D eigenvalue weighted by molar-refractivity contribution is 5.77. The van der Waals surface area contributed by atoms with Crippen LogP contribution in [0.4, 0.5) is 4.79 Å². The second-order valence-electron chi connectivity index (χ2n) is 5.63. The molecule has 0 heterocycles. The number of nitrogens with one attached hydrogen (secondary N) is 1. The van der Waals surface area contributed by atoms with E-state index in [-0.39, 0.29) is 12.5 Å². The Bertz CT molecular complexity index is 498. The van der Waals surface area contributed by atoms with Crippen molar-refractivity contribution < 1.29 is 14.7 Å². The van der Waals surface area contributed by atoms with E-state index >= 15 is 0 Å². The molecule has 0 aliphatic heterocycles. The van der Waals surface area contributed by atoms with Crippen LogP contribution in [-0.2, 0) is 11.3 Å². The maximum atomic E-state index is 12.4. The third-order valence-corrected chi connectivity index (χ3v) is 4.06. The summed E-state index contributed by atoms with van der Waals surface area (Å²) < 4.78 is 0. The Hall–Kier alpha value is -2.04. The average molecular weight is 290 g/mol. The van der Waals surface area contributed by atoms with E-state index in [1.54, 1.807) is 4.90 Å². The molecule has 0 spiro atoms. The Balaban J connectivity index is 1.98. The first-order valence-electron chi connectivity index (χ1n) is 7.37. The van der Waals surface area contributed by atoms with Crippen molar-refractivity contribution in [3.05, 3.63) is 35.9 Å². The van der Waals surface area contributed by atoms with Crippen molar-refractivity contribution in [1.82, 2.24) is 10.2 Å². The minimum Gasteiger partial charge on any atom is -0.481 e. The van der Waals surface area contributed by atoms with Crippen molar-refractivity contribution in [2.75, 3.05) is 6.54 Å². The summed E-state index contributed by atoms with van der Waals surface area (Å²) >= 11 is 0. The summed E-state index contributed by atoms with van der Waals surface area (Å²) in [6.07, 6.45) is 2.46. The van der Waals surface area contributed by atoms with Gasteiger partial charge in [0.25, 0.3) is 0 Å². The molecule has 2 rings (SSSR count). The molecule has 1 aliphatic rings. The molecule has 0 unspecified atom stereocenters. The zero-order chi connectivity index (χ0) is 15.3. The number of urea groups is 1. The number of rotatable bonds is 6. The predicted octanol–water partition coefficient (Wildman–Crippen LogP) is 2.62. The Labute approximate surface area is 125 Å². The predicted molar refractivity (Wildman–Crippen MR) is 79.9 cm³/mol. The van der Waals surface area contributed by atoms with Gasteiger partial charge in [-0.05, 0) is 31.7 Å². The van der Waals surface area contributed by atoms with Crippen molar-refractivity contribution in [2.45, 2.75) is 44.7 Å². The standard InChI is InChI=1S/C16H22N2O3/c1-2-18(12-13-7-4-3-5-8-13)15(21)17-16(9-6-10-16)11-14(19)20/h3-5,7-8H,2,6,9-12H2,1H3,(H,17,21)(H,19,20). The van der Waals surface area contributed by atoms with E-state index in [1.165, 1.54) is 0 Å². The number of amides is 2. The summed E-state index contributed by atoms with van der Waals surface area (Å²) in [4.78, 5) is 25.1. The van der Waals surface area contributed by atoms with E-state index < -0.39 is 11.5 Å². The van der Waals surface area contributed by atoms with Gasteiger partial charge in [0.1, 0.15) is 0 Å². The molecule has 5 nitrogen and oxygen atoms in total. The fourth-order valence-electron chi connectivity index (χ4n) is 2.68. The van der Waals surface area contributed by atoms with Gasteiger partial charge in [-0.3, -0.25) is 4.79 Å². The van der Waals surface area contributed by atoms with Crippen LogP contribution in [0.5, 0.6) is 0 Å². The molecule has 1 aliphatic carbocycles. The second kappa shape index (κ2) is 6.61. The third-order valence-electron chi connectivity index (χ3n) is 4.06. The van der Waals surface area contributed by atoms with E-state index in [0.717, 1.165) is 24.8 Å². The first-order chi connectivity index (χ1) is 10.0. The maximum absolute atomic E-state index is 12.4. The number of aliphatic carboxylic acids is 1. The Morgan fingerprint density at radius 3 is 2.43 bits per heavy atom. The van der Waals surface area contributed by atoms with Gasteiger partial charge in [-0.2, -0.15) is 0 Å². The lowest BCUT2D eigenvalue weighted by Crippen LogP contribution is -2.57. The third kappa shape index (κ3) is 3.97. The highest BCUT2D eigenvalue weighted by Crippen LogP contribution is 2.35. The summed E-state index contributed by atoms with van der Waals surface area (Å²) in [5.41, 5.74) is 0.517. The molecule has 1 fully saturated rings. The van der Waals surface area contributed by atoms with Gasteiger partial charge in [0.15, 0.2) is 0 Å². The molecule has 2 amide bonds. The van der Waals surface area contributed by atoms with Crippen LogP contribution in [0.15, 0.2) is 30.3 Å². The molecular weight excluding hydrogens is 268 g/mol. The van der Waals surface area contributed by atoms with Crippen LogP contribution in [-0.4, -0.2) is 34.1 Å². The average Bonchev–Trinajstić information content (AvgIpc) is 2.42. The van der Waals surface area contributed by atoms with Gasteiger partial charge in [-0.25, -0.2) is 4.79 Å². The van der Waals surface area contributed by atoms with Gasteiger partial charge >= 0.3 is 12.0 Å². The summed E-state index contributed by atoms with van der Waals surface area (Å²) in [5, 5.41) is 11.9.